The van der Waals surface area contributed by atoms with Gasteiger partial charge in [-0.2, -0.15) is 27.5 Å². The zero-order valence-electron chi connectivity index (χ0n) is 19.2. The highest BCUT2D eigenvalue weighted by molar-refractivity contribution is 7.90. The molecule has 0 atom stereocenters. The highest BCUT2D eigenvalue weighted by atomic mass is 32.2. The van der Waals surface area contributed by atoms with Crippen LogP contribution in [0.4, 0.5) is 24.8 Å². The maximum Gasteiger partial charge on any atom is 0.405 e. The summed E-state index contributed by atoms with van der Waals surface area (Å²) in [6.07, 6.45) is 0.844. The Labute approximate surface area is 203 Å². The summed E-state index contributed by atoms with van der Waals surface area (Å²) in [4.78, 5) is 13.1. The lowest BCUT2D eigenvalue weighted by Gasteiger charge is -2.10. The molecule has 1 aliphatic carbocycles. The van der Waals surface area contributed by atoms with Gasteiger partial charge >= 0.3 is 6.18 Å². The van der Waals surface area contributed by atoms with Gasteiger partial charge in [0.2, 0.25) is 0 Å². The van der Waals surface area contributed by atoms with Gasteiger partial charge in [-0.05, 0) is 32.8 Å². The van der Waals surface area contributed by atoms with Crippen LogP contribution in [0.25, 0.3) is 33.7 Å². The van der Waals surface area contributed by atoms with Crippen molar-refractivity contribution in [2.45, 2.75) is 44.2 Å². The molecule has 0 aliphatic heterocycles. The lowest BCUT2D eigenvalue weighted by molar-refractivity contribution is -0.115. The SMILES string of the molecule is CC(C)n1nc(NCC(F)(F)F)c2c(-c3ccnc(-c4cnn(S(=O)(=O)C5CC5)c4)n3)nc(N)cc21. The largest absolute Gasteiger partial charge is 0.405 e. The number of alkyl halides is 3. The third-order valence-corrected chi connectivity index (χ3v) is 7.61. The fraction of sp³-hybridized carbons (Fsp3) is 0.381. The van der Waals surface area contributed by atoms with Crippen molar-refractivity contribution >= 4 is 32.6 Å². The number of aromatic nitrogens is 7. The normalized spacial score (nSPS) is 14.6. The highest BCUT2D eigenvalue weighted by Gasteiger charge is 2.37. The van der Waals surface area contributed by atoms with Crippen molar-refractivity contribution in [1.82, 2.24) is 33.9 Å². The first-order valence-corrected chi connectivity index (χ1v) is 12.6. The van der Waals surface area contributed by atoms with E-state index in [0.29, 0.717) is 29.3 Å². The van der Waals surface area contributed by atoms with Crippen LogP contribution in [-0.2, 0) is 10.0 Å². The fourth-order valence-corrected chi connectivity index (χ4v) is 5.25. The Morgan fingerprint density at radius 2 is 2.00 bits per heavy atom. The van der Waals surface area contributed by atoms with Gasteiger partial charge in [-0.25, -0.2) is 23.4 Å². The van der Waals surface area contributed by atoms with Crippen LogP contribution < -0.4 is 11.1 Å². The molecule has 0 unspecified atom stereocenters. The summed E-state index contributed by atoms with van der Waals surface area (Å²) in [6, 6.07) is 2.90. The maximum atomic E-state index is 13.0. The van der Waals surface area contributed by atoms with Crippen LogP contribution in [0.5, 0.6) is 0 Å². The van der Waals surface area contributed by atoms with E-state index in [2.05, 4.69) is 30.5 Å². The molecule has 1 saturated carbocycles. The number of nitrogens with one attached hydrogen (secondary N) is 1. The Bertz CT molecular complexity index is 1560. The van der Waals surface area contributed by atoms with Crippen molar-refractivity contribution in [3.05, 3.63) is 30.7 Å². The van der Waals surface area contributed by atoms with Crippen LogP contribution in [0, 0.1) is 0 Å². The van der Waals surface area contributed by atoms with E-state index in [1.807, 2.05) is 13.8 Å². The molecule has 0 amide bonds. The highest BCUT2D eigenvalue weighted by Crippen LogP contribution is 2.35. The Kier molecular flexibility index (Phi) is 5.61. The molecule has 1 aliphatic rings. The first-order valence-electron chi connectivity index (χ1n) is 11.1. The number of hydrogen-bond donors (Lipinski definition) is 2. The number of anilines is 2. The van der Waals surface area contributed by atoms with Crippen molar-refractivity contribution < 1.29 is 21.6 Å². The van der Waals surface area contributed by atoms with Gasteiger partial charge < -0.3 is 11.1 Å². The van der Waals surface area contributed by atoms with Gasteiger partial charge in [0.1, 0.15) is 18.1 Å². The number of rotatable bonds is 7. The van der Waals surface area contributed by atoms with Gasteiger partial charge in [0.05, 0.1) is 39.8 Å². The predicted molar refractivity (Wildman–Crippen MR) is 126 cm³/mol. The Balaban J connectivity index is 1.62. The van der Waals surface area contributed by atoms with Gasteiger partial charge in [-0.3, -0.25) is 4.68 Å². The summed E-state index contributed by atoms with van der Waals surface area (Å²) in [5.74, 6) is 0.287. The third-order valence-electron chi connectivity index (χ3n) is 5.58. The Morgan fingerprint density at radius 1 is 1.25 bits per heavy atom. The number of halogens is 3. The average molecular weight is 522 g/mol. The van der Waals surface area contributed by atoms with Crippen molar-refractivity contribution in [3.8, 4) is 22.8 Å². The smallest absolute Gasteiger partial charge is 0.384 e. The number of nitrogen functional groups attached to an aromatic ring is 1. The molecular weight excluding hydrogens is 499 g/mol. The summed E-state index contributed by atoms with van der Waals surface area (Å²) in [7, 11) is -3.57. The molecule has 0 saturated heterocycles. The van der Waals surface area contributed by atoms with Crippen molar-refractivity contribution in [2.75, 3.05) is 17.6 Å². The molecule has 11 nitrogen and oxygen atoms in total. The second-order valence-corrected chi connectivity index (χ2v) is 10.8. The number of pyridine rings is 1. The van der Waals surface area contributed by atoms with Gasteiger partial charge in [-0.15, -0.1) is 0 Å². The molecule has 15 heteroatoms. The van der Waals surface area contributed by atoms with Crippen LogP contribution >= 0.6 is 0 Å². The van der Waals surface area contributed by atoms with Crippen molar-refractivity contribution in [1.29, 1.82) is 0 Å². The molecule has 0 spiro atoms. The Hall–Kier alpha value is -3.75. The van der Waals surface area contributed by atoms with Gasteiger partial charge in [0, 0.05) is 18.3 Å². The zero-order valence-corrected chi connectivity index (χ0v) is 20.0. The number of nitrogens with zero attached hydrogens (tertiary/aromatic N) is 7. The molecule has 0 aromatic carbocycles. The summed E-state index contributed by atoms with van der Waals surface area (Å²) >= 11 is 0. The van der Waals surface area contributed by atoms with Crippen molar-refractivity contribution in [2.24, 2.45) is 0 Å². The van der Waals surface area contributed by atoms with E-state index in [9.17, 15) is 21.6 Å². The minimum absolute atomic E-state index is 0.0120. The second-order valence-electron chi connectivity index (χ2n) is 8.76. The van der Waals surface area contributed by atoms with E-state index >= 15 is 0 Å². The van der Waals surface area contributed by atoms with Gasteiger partial charge in [0.15, 0.2) is 11.6 Å². The molecule has 0 bridgehead atoms. The average Bonchev–Trinajstić information content (AvgIpc) is 3.44. The minimum Gasteiger partial charge on any atom is -0.384 e. The summed E-state index contributed by atoms with van der Waals surface area (Å²) in [5.41, 5.74) is 7.37. The second kappa shape index (κ2) is 8.43. The molecule has 3 N–H and O–H groups in total. The lowest BCUT2D eigenvalue weighted by Crippen LogP contribution is -2.21. The van der Waals surface area contributed by atoms with Gasteiger partial charge in [-0.1, -0.05) is 0 Å². The van der Waals surface area contributed by atoms with E-state index in [4.69, 9.17) is 5.73 Å². The molecule has 0 radical (unpaired) electrons. The third kappa shape index (κ3) is 4.45. The van der Waals surface area contributed by atoms with E-state index < -0.39 is 28.0 Å². The standard InChI is InChI=1S/C21H22F3N9O2S/c1-11(2)33-15-7-16(25)30-18(17(15)20(31-33)27-10-21(22,23)24)14-5-6-26-19(29-14)12-8-28-32(9-12)36(34,35)13-3-4-13/h5-9,11,13H,3-4,10H2,1-2H3,(H2,25,30)(H,27,31). The van der Waals surface area contributed by atoms with Crippen LogP contribution in [0.15, 0.2) is 30.7 Å². The first-order chi connectivity index (χ1) is 16.9. The van der Waals surface area contributed by atoms with E-state index in [-0.39, 0.29) is 34.9 Å². The van der Waals surface area contributed by atoms with Crippen LogP contribution in [0.3, 0.4) is 0 Å². The van der Waals surface area contributed by atoms with Crippen LogP contribution in [0.2, 0.25) is 0 Å². The van der Waals surface area contributed by atoms with E-state index in [0.717, 1.165) is 4.09 Å². The number of fused-ring (bicyclic) bond motifs is 1. The molecule has 5 rings (SSSR count). The monoisotopic (exact) mass is 521 g/mol. The Morgan fingerprint density at radius 3 is 2.67 bits per heavy atom. The maximum absolute atomic E-state index is 13.0. The number of nitrogens with two attached hydrogens (primary N) is 1. The fourth-order valence-electron chi connectivity index (χ4n) is 3.77. The predicted octanol–water partition coefficient (Wildman–Crippen LogP) is 3.23. The molecule has 36 heavy (non-hydrogen) atoms. The van der Waals surface area contributed by atoms with E-state index in [1.54, 1.807) is 10.7 Å². The lowest BCUT2D eigenvalue weighted by atomic mass is 10.1. The molecule has 4 aromatic rings. The molecule has 4 aromatic heterocycles. The first kappa shape index (κ1) is 24.0. The molecular formula is C21H22F3N9O2S. The zero-order chi connectivity index (χ0) is 25.8. The summed E-state index contributed by atoms with van der Waals surface area (Å²) < 4.78 is 66.3. The van der Waals surface area contributed by atoms with Crippen molar-refractivity contribution in [3.63, 3.8) is 0 Å². The summed E-state index contributed by atoms with van der Waals surface area (Å²) in [5, 5.41) is 10.5. The topological polar surface area (TPSA) is 146 Å². The minimum atomic E-state index is -4.46. The van der Waals surface area contributed by atoms with E-state index in [1.165, 1.54) is 24.7 Å². The van der Waals surface area contributed by atoms with Gasteiger partial charge in [0.25, 0.3) is 10.0 Å². The summed E-state index contributed by atoms with van der Waals surface area (Å²) in [6.45, 7) is 2.39. The number of hydrogen-bond acceptors (Lipinski definition) is 9. The quantitative estimate of drug-likeness (QED) is 0.374. The van der Waals surface area contributed by atoms with Crippen LogP contribution in [0.1, 0.15) is 32.7 Å². The molecule has 4 heterocycles. The van der Waals surface area contributed by atoms with Crippen LogP contribution in [-0.4, -0.2) is 60.3 Å². The molecule has 1 fully saturated rings. The molecule has 190 valence electrons.